The summed E-state index contributed by atoms with van der Waals surface area (Å²) in [6.45, 7) is 6.42. The molecule has 1 saturated carbocycles. The smallest absolute Gasteiger partial charge is 0.424 e. The van der Waals surface area contributed by atoms with E-state index in [2.05, 4.69) is 9.97 Å². The number of carboxylic acid groups (broad SMARTS) is 1. The average molecular weight is 511 g/mol. The van der Waals surface area contributed by atoms with Crippen LogP contribution in [0.4, 0.5) is 30.3 Å². The Morgan fingerprint density at radius 2 is 1.73 bits per heavy atom. The first-order valence-electron chi connectivity index (χ1n) is 11.6. The van der Waals surface area contributed by atoms with E-state index in [1.165, 1.54) is 36.7 Å². The largest absolute Gasteiger partial charge is 0.464 e. The van der Waals surface area contributed by atoms with Crippen LogP contribution < -0.4 is 9.80 Å². The van der Waals surface area contributed by atoms with Gasteiger partial charge in [-0.3, -0.25) is 9.88 Å². The maximum absolute atomic E-state index is 15.3. The summed E-state index contributed by atoms with van der Waals surface area (Å²) in [6, 6.07) is 4.54. The summed E-state index contributed by atoms with van der Waals surface area (Å²) in [5.74, 6) is -0.208. The van der Waals surface area contributed by atoms with Crippen LogP contribution in [0.1, 0.15) is 39.2 Å². The maximum Gasteiger partial charge on any atom is 0.424 e. The highest BCUT2D eigenvalue weighted by atomic mass is 19.1. The van der Waals surface area contributed by atoms with Crippen LogP contribution in [0.15, 0.2) is 36.8 Å². The molecule has 0 bridgehead atoms. The molecule has 0 radical (unpaired) electrons. The molecular weight excluding hydrogens is 483 g/mol. The lowest BCUT2D eigenvalue weighted by Crippen LogP contribution is -2.40. The molecule has 2 aromatic heterocycles. The number of imide groups is 1. The molecule has 0 aliphatic heterocycles. The van der Waals surface area contributed by atoms with Crippen molar-refractivity contribution in [3.63, 3.8) is 0 Å². The van der Waals surface area contributed by atoms with Crippen molar-refractivity contribution < 1.29 is 33.4 Å². The molecule has 1 aliphatic carbocycles. The summed E-state index contributed by atoms with van der Waals surface area (Å²) in [6.07, 6.45) is 2.56. The van der Waals surface area contributed by atoms with Gasteiger partial charge < -0.3 is 14.6 Å². The number of aromatic nitrogens is 2. The van der Waals surface area contributed by atoms with E-state index >= 15 is 4.39 Å². The number of ether oxygens (including phenoxy) is 2. The van der Waals surface area contributed by atoms with E-state index < -0.39 is 29.7 Å². The van der Waals surface area contributed by atoms with Crippen LogP contribution in [-0.4, -0.2) is 52.1 Å². The van der Waals surface area contributed by atoms with Crippen molar-refractivity contribution in [1.82, 2.24) is 9.97 Å². The third kappa shape index (κ3) is 5.30. The normalized spacial score (nSPS) is 13.2. The molecule has 3 amide bonds. The first-order chi connectivity index (χ1) is 17.4. The van der Waals surface area contributed by atoms with E-state index in [4.69, 9.17) is 9.47 Å². The molecule has 1 N–H and O–H groups in total. The van der Waals surface area contributed by atoms with Crippen molar-refractivity contribution in [2.75, 3.05) is 16.9 Å². The van der Waals surface area contributed by atoms with Gasteiger partial charge in [0.05, 0.1) is 19.0 Å². The molecule has 2 heterocycles. The molecular formula is C26H27FN4O6. The summed E-state index contributed by atoms with van der Waals surface area (Å²) in [5.41, 5.74) is -0.248. The van der Waals surface area contributed by atoms with Crippen molar-refractivity contribution >= 4 is 40.6 Å². The van der Waals surface area contributed by atoms with E-state index in [-0.39, 0.29) is 22.9 Å². The number of rotatable bonds is 4. The minimum absolute atomic E-state index is 0.00435. The fourth-order valence-electron chi connectivity index (χ4n) is 3.95. The van der Waals surface area contributed by atoms with Gasteiger partial charge in [0.15, 0.2) is 0 Å². The number of anilines is 2. The van der Waals surface area contributed by atoms with Crippen LogP contribution in [0.3, 0.4) is 0 Å². The lowest BCUT2D eigenvalue weighted by molar-refractivity contribution is 0.0581. The lowest BCUT2D eigenvalue weighted by Gasteiger charge is -2.25. The van der Waals surface area contributed by atoms with Crippen molar-refractivity contribution in [2.45, 2.75) is 52.2 Å². The van der Waals surface area contributed by atoms with E-state index in [1.54, 1.807) is 39.8 Å². The Morgan fingerprint density at radius 1 is 1.03 bits per heavy atom. The molecule has 194 valence electrons. The van der Waals surface area contributed by atoms with Crippen LogP contribution in [0, 0.1) is 12.7 Å². The zero-order chi connectivity index (χ0) is 27.1. The summed E-state index contributed by atoms with van der Waals surface area (Å²) in [7, 11) is 1.30. The van der Waals surface area contributed by atoms with Gasteiger partial charge in [-0.15, -0.1) is 0 Å². The highest BCUT2D eigenvalue weighted by molar-refractivity contribution is 6.09. The highest BCUT2D eigenvalue weighted by Gasteiger charge is 2.35. The maximum atomic E-state index is 15.3. The Kier molecular flexibility index (Phi) is 6.72. The SMILES string of the molecule is COC(=O)N(c1cc2cc(-c3cncc(N(C(=O)O)C(=O)OC(C)(C)C)c3C)c(F)cc2cn1)C1CC1. The minimum Gasteiger partial charge on any atom is -0.464 e. The number of methoxy groups -OCH3 is 1. The number of benzene rings is 1. The second-order valence-electron chi connectivity index (χ2n) is 9.72. The molecule has 10 nitrogen and oxygen atoms in total. The third-order valence-corrected chi connectivity index (χ3v) is 5.81. The first-order valence-corrected chi connectivity index (χ1v) is 11.6. The van der Waals surface area contributed by atoms with Gasteiger partial charge in [-0.05, 0) is 69.7 Å². The standard InChI is InChI=1S/C26H27FN4O6/c1-14-19(12-28-13-21(14)31(23(32)33)25(35)37-26(2,3)4)18-8-15-10-22(29-11-16(15)9-20(18)27)30(17-6-7-17)24(34)36-5/h8-13,17H,6-7H2,1-5H3,(H,32,33). The number of hydrogen-bond acceptors (Lipinski definition) is 7. The predicted molar refractivity (Wildman–Crippen MR) is 134 cm³/mol. The Hall–Kier alpha value is -4.28. The zero-order valence-corrected chi connectivity index (χ0v) is 21.1. The third-order valence-electron chi connectivity index (χ3n) is 5.81. The van der Waals surface area contributed by atoms with E-state index in [1.807, 2.05) is 0 Å². The molecule has 1 aliphatic rings. The predicted octanol–water partition coefficient (Wildman–Crippen LogP) is 5.90. The molecule has 37 heavy (non-hydrogen) atoms. The molecule has 4 rings (SSSR count). The average Bonchev–Trinajstić information content (AvgIpc) is 3.64. The van der Waals surface area contributed by atoms with Gasteiger partial charge in [0, 0.05) is 34.9 Å². The molecule has 0 unspecified atom stereocenters. The van der Waals surface area contributed by atoms with Crippen LogP contribution in [0.5, 0.6) is 0 Å². The second-order valence-corrected chi connectivity index (χ2v) is 9.72. The minimum atomic E-state index is -1.56. The monoisotopic (exact) mass is 510 g/mol. The number of hydrogen-bond donors (Lipinski definition) is 1. The molecule has 0 saturated heterocycles. The fraction of sp³-hybridized carbons (Fsp3) is 0.346. The van der Waals surface area contributed by atoms with Crippen molar-refractivity contribution in [3.8, 4) is 11.1 Å². The van der Waals surface area contributed by atoms with Crippen molar-refractivity contribution in [3.05, 3.63) is 48.2 Å². The molecule has 1 aromatic carbocycles. The van der Waals surface area contributed by atoms with Gasteiger partial charge in [0.1, 0.15) is 17.2 Å². The summed E-state index contributed by atoms with van der Waals surface area (Å²) >= 11 is 0. The van der Waals surface area contributed by atoms with Crippen molar-refractivity contribution in [2.24, 2.45) is 0 Å². The number of pyridine rings is 2. The Bertz CT molecular complexity index is 1400. The Labute approximate surface area is 212 Å². The van der Waals surface area contributed by atoms with Gasteiger partial charge in [0.25, 0.3) is 0 Å². The first kappa shape index (κ1) is 25.8. The number of carbonyl (C=O) groups is 3. The number of carbonyl (C=O) groups excluding carboxylic acids is 2. The fourth-order valence-corrected chi connectivity index (χ4v) is 3.95. The van der Waals surface area contributed by atoms with Crippen LogP contribution in [0.2, 0.25) is 0 Å². The molecule has 3 aromatic rings. The lowest BCUT2D eigenvalue weighted by atomic mass is 9.98. The van der Waals surface area contributed by atoms with Gasteiger partial charge in [-0.1, -0.05) is 0 Å². The zero-order valence-electron chi connectivity index (χ0n) is 21.1. The van der Waals surface area contributed by atoms with Crippen LogP contribution in [0.25, 0.3) is 21.9 Å². The molecule has 11 heteroatoms. The summed E-state index contributed by atoms with van der Waals surface area (Å²) in [4.78, 5) is 47.3. The topological polar surface area (TPSA) is 122 Å². The van der Waals surface area contributed by atoms with Gasteiger partial charge in [-0.25, -0.2) is 23.8 Å². The van der Waals surface area contributed by atoms with E-state index in [9.17, 15) is 19.5 Å². The van der Waals surface area contributed by atoms with Gasteiger partial charge in [-0.2, -0.15) is 4.90 Å². The second kappa shape index (κ2) is 9.64. The number of amides is 3. The van der Waals surface area contributed by atoms with Crippen LogP contribution >= 0.6 is 0 Å². The Balaban J connectivity index is 1.80. The molecule has 1 fully saturated rings. The number of fused-ring (bicyclic) bond motifs is 1. The number of nitrogens with zero attached hydrogens (tertiary/aromatic N) is 4. The van der Waals surface area contributed by atoms with E-state index in [0.29, 0.717) is 27.1 Å². The molecule has 0 spiro atoms. The Morgan fingerprint density at radius 3 is 2.32 bits per heavy atom. The van der Waals surface area contributed by atoms with Gasteiger partial charge in [0.2, 0.25) is 0 Å². The highest BCUT2D eigenvalue weighted by Crippen LogP contribution is 2.36. The summed E-state index contributed by atoms with van der Waals surface area (Å²) in [5, 5.41) is 10.9. The van der Waals surface area contributed by atoms with Gasteiger partial charge >= 0.3 is 18.3 Å². The van der Waals surface area contributed by atoms with E-state index in [0.717, 1.165) is 12.8 Å². The van der Waals surface area contributed by atoms with Crippen molar-refractivity contribution in [1.29, 1.82) is 0 Å². The quantitative estimate of drug-likeness (QED) is 0.460. The number of halogens is 1. The van der Waals surface area contributed by atoms with Crippen LogP contribution in [-0.2, 0) is 9.47 Å². The molecule has 0 atom stereocenters. The summed E-state index contributed by atoms with van der Waals surface area (Å²) < 4.78 is 25.4.